The highest BCUT2D eigenvalue weighted by molar-refractivity contribution is 6.25. The number of hydrogen-bond donors (Lipinski definition) is 1. The number of imide groups is 1. The molecule has 0 spiro atoms. The van der Waals surface area contributed by atoms with Crippen molar-refractivity contribution >= 4 is 29.1 Å². The number of Topliss-reactive ketones (excluding diaryl/α,β-unsaturated/α-hetero) is 1. The molecule has 0 aromatic heterocycles. The molecule has 1 heterocycles. The zero-order chi connectivity index (χ0) is 28.3. The zero-order valence-electron chi connectivity index (χ0n) is 22.8. The first-order valence-electron chi connectivity index (χ1n) is 13.9. The van der Waals surface area contributed by atoms with Crippen LogP contribution in [0.4, 0.5) is 5.69 Å². The van der Waals surface area contributed by atoms with E-state index in [1.54, 1.807) is 19.1 Å². The van der Waals surface area contributed by atoms with Crippen LogP contribution in [0.1, 0.15) is 50.7 Å². The fraction of sp³-hybridized carbons (Fsp3) is 0.333. The molecule has 0 unspecified atom stereocenters. The molecule has 0 bridgehead atoms. The summed E-state index contributed by atoms with van der Waals surface area (Å²) in [7, 11) is 0. The second kappa shape index (κ2) is 9.73. The van der Waals surface area contributed by atoms with Gasteiger partial charge in [-0.3, -0.25) is 24.1 Å². The van der Waals surface area contributed by atoms with Gasteiger partial charge in [-0.15, -0.1) is 0 Å². The molecule has 0 saturated carbocycles. The highest BCUT2D eigenvalue weighted by Gasteiger charge is 2.56. The summed E-state index contributed by atoms with van der Waals surface area (Å²) < 4.78 is 5.63. The third-order valence-corrected chi connectivity index (χ3v) is 8.78. The predicted molar refractivity (Wildman–Crippen MR) is 149 cm³/mol. The van der Waals surface area contributed by atoms with Crippen molar-refractivity contribution in [1.82, 2.24) is 0 Å². The standard InChI is InChI=1S/C33H31NO6/c1-4-18-6-9-20(10-7-18)34-32(38)22-12-11-21-23(29(22)33(34)39)16-24-30(26(36)14-17(3)31(24)37)28(21)19-8-13-25(35)27(15-19)40-5-2/h6-11,13-15,22-23,28-29,35H,4-5,12,16H2,1-3H3/t22-,23+,28-,29-/m0/s1. The summed E-state index contributed by atoms with van der Waals surface area (Å²) in [6.45, 7) is 5.84. The Bertz CT molecular complexity index is 1560. The fourth-order valence-electron chi connectivity index (χ4n) is 6.88. The summed E-state index contributed by atoms with van der Waals surface area (Å²) in [4.78, 5) is 55.8. The van der Waals surface area contributed by atoms with Crippen molar-refractivity contribution in [2.24, 2.45) is 17.8 Å². The van der Waals surface area contributed by atoms with Crippen molar-refractivity contribution in [2.45, 2.75) is 46.0 Å². The fourth-order valence-corrected chi connectivity index (χ4v) is 6.88. The van der Waals surface area contributed by atoms with Gasteiger partial charge in [-0.25, -0.2) is 0 Å². The Balaban J connectivity index is 1.47. The van der Waals surface area contributed by atoms with E-state index in [1.807, 2.05) is 44.2 Å². The lowest BCUT2D eigenvalue weighted by Gasteiger charge is -2.42. The summed E-state index contributed by atoms with van der Waals surface area (Å²) in [5.74, 6) is -2.81. The van der Waals surface area contributed by atoms with Gasteiger partial charge in [0.25, 0.3) is 0 Å². The summed E-state index contributed by atoms with van der Waals surface area (Å²) in [5, 5.41) is 10.3. The van der Waals surface area contributed by atoms with Crippen LogP contribution in [0.3, 0.4) is 0 Å². The minimum atomic E-state index is -0.632. The van der Waals surface area contributed by atoms with E-state index < -0.39 is 23.7 Å². The van der Waals surface area contributed by atoms with E-state index in [0.717, 1.165) is 17.6 Å². The van der Waals surface area contributed by atoms with Crippen LogP contribution >= 0.6 is 0 Å². The van der Waals surface area contributed by atoms with Gasteiger partial charge in [-0.05, 0) is 80.5 Å². The molecule has 1 fully saturated rings. The molecule has 2 aromatic carbocycles. The molecule has 4 aliphatic rings. The molecule has 1 saturated heterocycles. The number of fused-ring (bicyclic) bond motifs is 3. The van der Waals surface area contributed by atoms with Gasteiger partial charge in [-0.2, -0.15) is 0 Å². The number of carbonyl (C=O) groups excluding carboxylic acids is 4. The number of benzene rings is 2. The summed E-state index contributed by atoms with van der Waals surface area (Å²) >= 11 is 0. The molecule has 2 aromatic rings. The van der Waals surface area contributed by atoms with Gasteiger partial charge < -0.3 is 9.84 Å². The average Bonchev–Trinajstić information content (AvgIpc) is 3.21. The number of aryl methyl sites for hydroxylation is 1. The number of carbonyl (C=O) groups is 4. The molecule has 4 atom stereocenters. The van der Waals surface area contributed by atoms with E-state index >= 15 is 0 Å². The van der Waals surface area contributed by atoms with Gasteiger partial charge in [0, 0.05) is 22.6 Å². The molecule has 6 rings (SSSR count). The molecule has 204 valence electrons. The number of nitrogens with zero attached hydrogens (tertiary/aromatic N) is 1. The van der Waals surface area contributed by atoms with E-state index in [4.69, 9.17) is 4.74 Å². The first-order chi connectivity index (χ1) is 19.2. The Morgan fingerprint density at radius 1 is 0.975 bits per heavy atom. The minimum Gasteiger partial charge on any atom is -0.504 e. The molecule has 3 aliphatic carbocycles. The third-order valence-electron chi connectivity index (χ3n) is 8.78. The predicted octanol–water partition coefficient (Wildman–Crippen LogP) is 4.99. The quantitative estimate of drug-likeness (QED) is 0.328. The number of ether oxygens (including phenoxy) is 1. The van der Waals surface area contributed by atoms with E-state index in [-0.39, 0.29) is 41.3 Å². The maximum atomic E-state index is 14.0. The van der Waals surface area contributed by atoms with Crippen molar-refractivity contribution in [3.63, 3.8) is 0 Å². The Morgan fingerprint density at radius 3 is 2.42 bits per heavy atom. The van der Waals surface area contributed by atoms with Crippen molar-refractivity contribution in [1.29, 1.82) is 0 Å². The normalized spacial score (nSPS) is 25.8. The maximum absolute atomic E-state index is 14.0. The summed E-state index contributed by atoms with van der Waals surface area (Å²) in [6, 6.07) is 12.4. The average molecular weight is 538 g/mol. The number of ketones is 2. The number of anilines is 1. The first kappa shape index (κ1) is 26.0. The van der Waals surface area contributed by atoms with E-state index in [9.17, 15) is 24.3 Å². The number of allylic oxidation sites excluding steroid dienone is 6. The Labute approximate surface area is 232 Å². The minimum absolute atomic E-state index is 0.0204. The van der Waals surface area contributed by atoms with Gasteiger partial charge in [0.15, 0.2) is 23.1 Å². The second-order valence-electron chi connectivity index (χ2n) is 10.9. The smallest absolute Gasteiger partial charge is 0.238 e. The number of hydrogen-bond acceptors (Lipinski definition) is 6. The molecule has 0 radical (unpaired) electrons. The molecule has 1 N–H and O–H groups in total. The number of aromatic hydroxyl groups is 1. The lowest BCUT2D eigenvalue weighted by Crippen LogP contribution is -2.39. The molecule has 40 heavy (non-hydrogen) atoms. The monoisotopic (exact) mass is 537 g/mol. The summed E-state index contributed by atoms with van der Waals surface area (Å²) in [6.07, 6.45) is 4.83. The van der Waals surface area contributed by atoms with Crippen molar-refractivity contribution in [2.75, 3.05) is 11.5 Å². The van der Waals surface area contributed by atoms with Crippen LogP contribution in [-0.2, 0) is 25.6 Å². The molecular weight excluding hydrogens is 506 g/mol. The lowest BCUT2D eigenvalue weighted by atomic mass is 9.59. The summed E-state index contributed by atoms with van der Waals surface area (Å²) in [5.41, 5.74) is 4.42. The van der Waals surface area contributed by atoms with Crippen LogP contribution < -0.4 is 9.64 Å². The maximum Gasteiger partial charge on any atom is 0.238 e. The first-order valence-corrected chi connectivity index (χ1v) is 13.9. The van der Waals surface area contributed by atoms with Crippen LogP contribution in [0, 0.1) is 17.8 Å². The molecule has 2 amide bonds. The second-order valence-corrected chi connectivity index (χ2v) is 10.9. The number of amides is 2. The van der Waals surface area contributed by atoms with Crippen LogP contribution in [0.2, 0.25) is 0 Å². The zero-order valence-corrected chi connectivity index (χ0v) is 22.8. The molecule has 1 aliphatic heterocycles. The van der Waals surface area contributed by atoms with Gasteiger partial charge in [0.2, 0.25) is 11.8 Å². The van der Waals surface area contributed by atoms with Crippen LogP contribution in [-0.4, -0.2) is 35.1 Å². The molecule has 7 heteroatoms. The SMILES string of the molecule is CCOc1cc([C@H]2C3=CC[C@@H]4C(=O)N(c5ccc(CC)cc5)C(=O)[C@@H]4[C@@H]3CC3=C2C(=O)C=C(C)C3=O)ccc1O. The van der Waals surface area contributed by atoms with Crippen LogP contribution in [0.15, 0.2) is 76.9 Å². The van der Waals surface area contributed by atoms with Crippen LogP contribution in [0.25, 0.3) is 0 Å². The molecular formula is C33H31NO6. The number of rotatable bonds is 5. The van der Waals surface area contributed by atoms with Crippen molar-refractivity contribution in [3.05, 3.63) is 88.0 Å². The largest absolute Gasteiger partial charge is 0.504 e. The topological polar surface area (TPSA) is 101 Å². The van der Waals surface area contributed by atoms with E-state index in [0.29, 0.717) is 41.0 Å². The van der Waals surface area contributed by atoms with Gasteiger partial charge in [0.1, 0.15) is 0 Å². The Morgan fingerprint density at radius 2 is 1.73 bits per heavy atom. The van der Waals surface area contributed by atoms with E-state index in [2.05, 4.69) is 0 Å². The van der Waals surface area contributed by atoms with Crippen molar-refractivity contribution in [3.8, 4) is 11.5 Å². The number of phenols is 1. The highest BCUT2D eigenvalue weighted by Crippen LogP contribution is 2.55. The van der Waals surface area contributed by atoms with E-state index in [1.165, 1.54) is 17.0 Å². The Hall–Kier alpha value is -4.26. The molecule has 7 nitrogen and oxygen atoms in total. The van der Waals surface area contributed by atoms with Gasteiger partial charge in [-0.1, -0.05) is 36.8 Å². The van der Waals surface area contributed by atoms with Crippen LogP contribution in [0.5, 0.6) is 11.5 Å². The Kier molecular flexibility index (Phi) is 6.32. The lowest BCUT2D eigenvalue weighted by molar-refractivity contribution is -0.123. The van der Waals surface area contributed by atoms with Crippen molar-refractivity contribution < 1.29 is 29.0 Å². The number of phenolic OH excluding ortho intramolecular Hbond substituents is 1. The van der Waals surface area contributed by atoms with Gasteiger partial charge >= 0.3 is 0 Å². The third kappa shape index (κ3) is 3.86. The highest BCUT2D eigenvalue weighted by atomic mass is 16.5. The van der Waals surface area contributed by atoms with Gasteiger partial charge in [0.05, 0.1) is 24.1 Å².